The Kier molecular flexibility index (Phi) is 5.55. The number of likely N-dealkylation sites (tertiary alicyclic amines) is 2. The lowest BCUT2D eigenvalue weighted by Gasteiger charge is -2.48. The van der Waals surface area contributed by atoms with Gasteiger partial charge in [-0.15, -0.1) is 0 Å². The van der Waals surface area contributed by atoms with Crippen LogP contribution in [-0.4, -0.2) is 66.6 Å². The highest BCUT2D eigenvalue weighted by atomic mass is 16.5. The van der Waals surface area contributed by atoms with Crippen molar-refractivity contribution < 1.29 is 9.53 Å². The zero-order chi connectivity index (χ0) is 17.8. The third-order valence-electron chi connectivity index (χ3n) is 6.63. The number of pyridine rings is 1. The molecule has 5 heteroatoms. The van der Waals surface area contributed by atoms with Crippen LogP contribution in [0.4, 0.5) is 0 Å². The second-order valence-electron chi connectivity index (χ2n) is 8.43. The summed E-state index contributed by atoms with van der Waals surface area (Å²) in [6.45, 7) is 7.30. The molecule has 0 aromatic carbocycles. The number of rotatable bonds is 3. The van der Waals surface area contributed by atoms with Crippen LogP contribution < -0.4 is 0 Å². The van der Waals surface area contributed by atoms with Crippen LogP contribution in [0.2, 0.25) is 0 Å². The Morgan fingerprint density at radius 2 is 2.00 bits per heavy atom. The van der Waals surface area contributed by atoms with E-state index >= 15 is 0 Å². The second-order valence-corrected chi connectivity index (χ2v) is 8.43. The van der Waals surface area contributed by atoms with Gasteiger partial charge in [0, 0.05) is 45.2 Å². The predicted molar refractivity (Wildman–Crippen MR) is 101 cm³/mol. The van der Waals surface area contributed by atoms with E-state index in [0.717, 1.165) is 44.2 Å². The predicted octanol–water partition coefficient (Wildman–Crippen LogP) is 2.83. The Hall–Kier alpha value is -1.46. The molecule has 0 atom stereocenters. The fourth-order valence-corrected chi connectivity index (χ4v) is 4.97. The van der Waals surface area contributed by atoms with Crippen molar-refractivity contribution in [2.24, 2.45) is 11.3 Å². The first-order valence-corrected chi connectivity index (χ1v) is 10.2. The Morgan fingerprint density at radius 3 is 2.73 bits per heavy atom. The van der Waals surface area contributed by atoms with Gasteiger partial charge < -0.3 is 14.5 Å². The first-order chi connectivity index (χ1) is 12.7. The molecule has 3 aliphatic rings. The minimum atomic E-state index is 0.154. The van der Waals surface area contributed by atoms with Gasteiger partial charge in [0.2, 0.25) is 0 Å². The molecule has 1 spiro atoms. The number of carbonyl (C=O) groups is 1. The minimum Gasteiger partial charge on any atom is -0.381 e. The molecule has 26 heavy (non-hydrogen) atoms. The van der Waals surface area contributed by atoms with Crippen LogP contribution >= 0.6 is 0 Å². The smallest absolute Gasteiger partial charge is 0.255 e. The Labute approximate surface area is 156 Å². The molecular formula is C21H31N3O2. The topological polar surface area (TPSA) is 45.7 Å². The van der Waals surface area contributed by atoms with E-state index in [1.165, 1.54) is 51.7 Å². The third kappa shape index (κ3) is 4.09. The van der Waals surface area contributed by atoms with Crippen molar-refractivity contribution in [3.8, 4) is 0 Å². The van der Waals surface area contributed by atoms with Gasteiger partial charge >= 0.3 is 0 Å². The van der Waals surface area contributed by atoms with E-state index in [0.29, 0.717) is 5.41 Å². The molecule has 5 nitrogen and oxygen atoms in total. The van der Waals surface area contributed by atoms with Gasteiger partial charge in [-0.1, -0.05) is 0 Å². The minimum absolute atomic E-state index is 0.154. The summed E-state index contributed by atoms with van der Waals surface area (Å²) in [5, 5.41) is 0. The van der Waals surface area contributed by atoms with Crippen LogP contribution in [0.1, 0.15) is 48.9 Å². The highest BCUT2D eigenvalue weighted by Crippen LogP contribution is 2.40. The van der Waals surface area contributed by atoms with Gasteiger partial charge in [-0.05, 0) is 75.1 Å². The largest absolute Gasteiger partial charge is 0.381 e. The van der Waals surface area contributed by atoms with Crippen LogP contribution in [0.25, 0.3) is 0 Å². The third-order valence-corrected chi connectivity index (χ3v) is 6.63. The number of nitrogens with zero attached hydrogens (tertiary/aromatic N) is 3. The van der Waals surface area contributed by atoms with E-state index in [9.17, 15) is 4.79 Å². The summed E-state index contributed by atoms with van der Waals surface area (Å²) in [5.41, 5.74) is 1.06. The first kappa shape index (κ1) is 17.9. The lowest BCUT2D eigenvalue weighted by molar-refractivity contribution is 0.00824. The summed E-state index contributed by atoms with van der Waals surface area (Å²) in [6, 6.07) is 3.73. The quantitative estimate of drug-likeness (QED) is 0.834. The van der Waals surface area contributed by atoms with Gasteiger partial charge in [-0.3, -0.25) is 9.78 Å². The standard InChI is InChI=1S/C21H31N3O2/c25-20(19-3-1-9-22-15-19)24-10-2-6-21(17-24)7-11-23(12-8-21)16-18-4-13-26-14-5-18/h1,3,9,15,18H,2,4-8,10-14,16-17H2. The molecule has 4 rings (SSSR count). The molecule has 0 N–H and O–H groups in total. The normalized spacial score (nSPS) is 24.7. The molecule has 0 bridgehead atoms. The summed E-state index contributed by atoms with van der Waals surface area (Å²) in [5.74, 6) is 0.967. The average Bonchev–Trinajstić information content (AvgIpc) is 2.71. The van der Waals surface area contributed by atoms with Gasteiger partial charge in [-0.25, -0.2) is 0 Å². The molecule has 1 aromatic heterocycles. The molecule has 0 unspecified atom stereocenters. The molecule has 1 aromatic rings. The second kappa shape index (κ2) is 8.05. The number of hydrogen-bond donors (Lipinski definition) is 0. The Bertz CT molecular complexity index is 593. The first-order valence-electron chi connectivity index (χ1n) is 10.2. The fourth-order valence-electron chi connectivity index (χ4n) is 4.97. The number of ether oxygens (including phenoxy) is 1. The molecule has 4 heterocycles. The molecule has 3 aliphatic heterocycles. The molecule has 142 valence electrons. The number of hydrogen-bond acceptors (Lipinski definition) is 4. The maximum absolute atomic E-state index is 12.8. The lowest BCUT2D eigenvalue weighted by Crippen LogP contribution is -2.51. The van der Waals surface area contributed by atoms with Crippen molar-refractivity contribution in [3.63, 3.8) is 0 Å². The summed E-state index contributed by atoms with van der Waals surface area (Å²) in [4.78, 5) is 21.7. The molecule has 1 amide bonds. The van der Waals surface area contributed by atoms with Gasteiger partial charge in [0.15, 0.2) is 0 Å². The zero-order valence-corrected chi connectivity index (χ0v) is 15.7. The summed E-state index contributed by atoms with van der Waals surface area (Å²) >= 11 is 0. The Balaban J connectivity index is 1.32. The van der Waals surface area contributed by atoms with E-state index in [4.69, 9.17) is 4.74 Å². The van der Waals surface area contributed by atoms with E-state index in [1.54, 1.807) is 12.4 Å². The Morgan fingerprint density at radius 1 is 1.19 bits per heavy atom. The average molecular weight is 357 g/mol. The van der Waals surface area contributed by atoms with Crippen molar-refractivity contribution in [3.05, 3.63) is 30.1 Å². The number of carbonyl (C=O) groups excluding carboxylic acids is 1. The number of amides is 1. The van der Waals surface area contributed by atoms with Gasteiger partial charge in [0.05, 0.1) is 5.56 Å². The molecule has 0 aliphatic carbocycles. The van der Waals surface area contributed by atoms with Crippen LogP contribution in [-0.2, 0) is 4.74 Å². The highest BCUT2D eigenvalue weighted by molar-refractivity contribution is 5.93. The zero-order valence-electron chi connectivity index (χ0n) is 15.7. The maximum atomic E-state index is 12.8. The van der Waals surface area contributed by atoms with Crippen molar-refractivity contribution >= 4 is 5.91 Å². The van der Waals surface area contributed by atoms with E-state index in [2.05, 4.69) is 14.8 Å². The van der Waals surface area contributed by atoms with Crippen LogP contribution in [0.15, 0.2) is 24.5 Å². The summed E-state index contributed by atoms with van der Waals surface area (Å²) in [6.07, 6.45) is 10.7. The summed E-state index contributed by atoms with van der Waals surface area (Å²) < 4.78 is 5.49. The van der Waals surface area contributed by atoms with Crippen molar-refractivity contribution in [2.45, 2.75) is 38.5 Å². The van der Waals surface area contributed by atoms with Crippen molar-refractivity contribution in [1.29, 1.82) is 0 Å². The fraction of sp³-hybridized carbons (Fsp3) is 0.714. The molecule has 3 fully saturated rings. The van der Waals surface area contributed by atoms with Gasteiger partial charge in [0.1, 0.15) is 0 Å². The number of piperidine rings is 2. The van der Waals surface area contributed by atoms with E-state index in [-0.39, 0.29) is 5.91 Å². The van der Waals surface area contributed by atoms with Crippen LogP contribution in [0, 0.1) is 11.3 Å². The molecule has 0 radical (unpaired) electrons. The van der Waals surface area contributed by atoms with Crippen molar-refractivity contribution in [2.75, 3.05) is 45.9 Å². The number of aromatic nitrogens is 1. The molecular weight excluding hydrogens is 326 g/mol. The SMILES string of the molecule is O=C(c1cccnc1)N1CCCC2(CCN(CC3CCOCC3)CC2)C1. The molecule has 3 saturated heterocycles. The highest BCUT2D eigenvalue weighted by Gasteiger charge is 2.40. The van der Waals surface area contributed by atoms with E-state index in [1.807, 2.05) is 12.1 Å². The van der Waals surface area contributed by atoms with Crippen LogP contribution in [0.3, 0.4) is 0 Å². The molecule has 0 saturated carbocycles. The van der Waals surface area contributed by atoms with E-state index < -0.39 is 0 Å². The summed E-state index contributed by atoms with van der Waals surface area (Å²) in [7, 11) is 0. The van der Waals surface area contributed by atoms with Gasteiger partial charge in [-0.2, -0.15) is 0 Å². The maximum Gasteiger partial charge on any atom is 0.255 e. The van der Waals surface area contributed by atoms with Gasteiger partial charge in [0.25, 0.3) is 5.91 Å². The lowest BCUT2D eigenvalue weighted by atomic mass is 9.72. The van der Waals surface area contributed by atoms with Crippen molar-refractivity contribution in [1.82, 2.24) is 14.8 Å². The van der Waals surface area contributed by atoms with Crippen LogP contribution in [0.5, 0.6) is 0 Å². The monoisotopic (exact) mass is 357 g/mol.